The van der Waals surface area contributed by atoms with E-state index in [2.05, 4.69) is 20.2 Å². The number of halogens is 2. The van der Waals surface area contributed by atoms with Crippen LogP contribution in [0, 0.1) is 5.82 Å². The molecule has 9 heteroatoms. The van der Waals surface area contributed by atoms with Gasteiger partial charge in [-0.1, -0.05) is 11.6 Å². The Labute approximate surface area is 185 Å². The third-order valence-electron chi connectivity index (χ3n) is 4.44. The maximum atomic E-state index is 13.3. The van der Waals surface area contributed by atoms with Crippen LogP contribution in [0.5, 0.6) is 5.75 Å². The third kappa shape index (κ3) is 4.40. The number of hydrogen-bond donors (Lipinski definition) is 1. The lowest BCUT2D eigenvalue weighted by molar-refractivity contribution is 0.295. The molecule has 0 radical (unpaired) electrons. The molecule has 31 heavy (non-hydrogen) atoms. The number of fused-ring (bicyclic) bond motifs is 1. The molecule has 0 saturated carbocycles. The molecule has 0 spiro atoms. The number of hydrogen-bond acceptors (Lipinski definition) is 6. The highest BCUT2D eigenvalue weighted by atomic mass is 35.5. The van der Waals surface area contributed by atoms with Crippen LogP contribution in [0.2, 0.25) is 5.02 Å². The fraction of sp³-hybridized carbons (Fsp3) is 0.0455. The molecule has 0 aliphatic carbocycles. The SMILES string of the molecule is Fc1ccc(-c2nc(COc3ccc4[nH]ncc4c3)c(Sc3ccc(Cl)cn3)o2)cc1. The number of ether oxygens (including phenoxy) is 1. The normalized spacial score (nSPS) is 11.2. The van der Waals surface area contributed by atoms with E-state index in [-0.39, 0.29) is 12.4 Å². The second-order valence-corrected chi connectivity index (χ2v) is 8.01. The summed E-state index contributed by atoms with van der Waals surface area (Å²) in [6.45, 7) is 0.184. The van der Waals surface area contributed by atoms with E-state index < -0.39 is 0 Å². The van der Waals surface area contributed by atoms with Crippen LogP contribution in [-0.2, 0) is 6.61 Å². The molecule has 1 N–H and O–H groups in total. The van der Waals surface area contributed by atoms with E-state index in [4.69, 9.17) is 20.8 Å². The zero-order valence-electron chi connectivity index (χ0n) is 15.9. The number of nitrogens with one attached hydrogen (secondary N) is 1. The molecule has 3 heterocycles. The Balaban J connectivity index is 1.44. The Morgan fingerprint density at radius 1 is 1.06 bits per heavy atom. The summed E-state index contributed by atoms with van der Waals surface area (Å²) in [6, 6.07) is 15.2. The van der Waals surface area contributed by atoms with Crippen LogP contribution in [0.15, 0.2) is 81.5 Å². The topological polar surface area (TPSA) is 76.8 Å². The molecule has 0 saturated heterocycles. The first-order valence-electron chi connectivity index (χ1n) is 9.25. The van der Waals surface area contributed by atoms with Crippen molar-refractivity contribution in [2.75, 3.05) is 0 Å². The Hall–Kier alpha value is -3.36. The van der Waals surface area contributed by atoms with Gasteiger partial charge in [-0.15, -0.1) is 0 Å². The Bertz CT molecular complexity index is 1340. The van der Waals surface area contributed by atoms with Crippen LogP contribution in [0.4, 0.5) is 4.39 Å². The smallest absolute Gasteiger partial charge is 0.227 e. The van der Waals surface area contributed by atoms with Gasteiger partial charge in [0.05, 0.1) is 16.7 Å². The average Bonchev–Trinajstić information content (AvgIpc) is 3.41. The minimum atomic E-state index is -0.325. The summed E-state index contributed by atoms with van der Waals surface area (Å²) in [5.74, 6) is 0.731. The fourth-order valence-electron chi connectivity index (χ4n) is 2.90. The molecule has 0 amide bonds. The number of rotatable bonds is 6. The quantitative estimate of drug-likeness (QED) is 0.333. The second kappa shape index (κ2) is 8.41. The molecule has 0 fully saturated rings. The lowest BCUT2D eigenvalue weighted by atomic mass is 10.2. The summed E-state index contributed by atoms with van der Waals surface area (Å²) in [4.78, 5) is 8.88. The Morgan fingerprint density at radius 2 is 1.94 bits per heavy atom. The van der Waals surface area contributed by atoms with Gasteiger partial charge in [0.1, 0.15) is 28.9 Å². The molecule has 5 aromatic rings. The van der Waals surface area contributed by atoms with Crippen molar-refractivity contribution in [3.63, 3.8) is 0 Å². The van der Waals surface area contributed by atoms with Crippen LogP contribution in [0.1, 0.15) is 5.69 Å². The second-order valence-electron chi connectivity index (χ2n) is 6.58. The van der Waals surface area contributed by atoms with Crippen molar-refractivity contribution in [3.8, 4) is 17.2 Å². The summed E-state index contributed by atoms with van der Waals surface area (Å²) in [6.07, 6.45) is 3.30. The molecule has 6 nitrogen and oxygen atoms in total. The molecule has 5 rings (SSSR count). The minimum absolute atomic E-state index is 0.184. The van der Waals surface area contributed by atoms with E-state index in [1.807, 2.05) is 18.2 Å². The largest absolute Gasteiger partial charge is 0.487 e. The maximum Gasteiger partial charge on any atom is 0.227 e. The molecule has 0 unspecified atom stereocenters. The zero-order valence-corrected chi connectivity index (χ0v) is 17.5. The average molecular weight is 453 g/mol. The van der Waals surface area contributed by atoms with Gasteiger partial charge < -0.3 is 9.15 Å². The van der Waals surface area contributed by atoms with Crippen molar-refractivity contribution < 1.29 is 13.5 Å². The predicted octanol–water partition coefficient (Wildman–Crippen LogP) is 6.14. The van der Waals surface area contributed by atoms with Crippen LogP contribution >= 0.6 is 23.4 Å². The molecule has 0 bridgehead atoms. The number of aromatic amines is 1. The highest BCUT2D eigenvalue weighted by Crippen LogP contribution is 2.34. The lowest BCUT2D eigenvalue weighted by Crippen LogP contribution is -1.97. The van der Waals surface area contributed by atoms with E-state index in [9.17, 15) is 4.39 Å². The van der Waals surface area contributed by atoms with Crippen molar-refractivity contribution in [2.24, 2.45) is 0 Å². The minimum Gasteiger partial charge on any atom is -0.487 e. The van der Waals surface area contributed by atoms with Gasteiger partial charge >= 0.3 is 0 Å². The van der Waals surface area contributed by atoms with E-state index in [1.54, 1.807) is 36.7 Å². The van der Waals surface area contributed by atoms with Crippen LogP contribution in [0.25, 0.3) is 22.4 Å². The number of H-pyrrole nitrogens is 1. The number of nitrogens with zero attached hydrogens (tertiary/aromatic N) is 3. The van der Waals surface area contributed by atoms with Gasteiger partial charge in [-0.05, 0) is 66.4 Å². The monoisotopic (exact) mass is 452 g/mol. The Morgan fingerprint density at radius 3 is 2.74 bits per heavy atom. The summed E-state index contributed by atoms with van der Waals surface area (Å²) >= 11 is 7.24. The number of pyridine rings is 1. The van der Waals surface area contributed by atoms with E-state index in [1.165, 1.54) is 23.9 Å². The van der Waals surface area contributed by atoms with Crippen molar-refractivity contribution >= 4 is 34.3 Å². The van der Waals surface area contributed by atoms with Crippen LogP contribution in [-0.4, -0.2) is 20.2 Å². The van der Waals surface area contributed by atoms with Gasteiger partial charge in [-0.2, -0.15) is 5.10 Å². The van der Waals surface area contributed by atoms with Crippen molar-refractivity contribution in [1.82, 2.24) is 20.2 Å². The van der Waals surface area contributed by atoms with E-state index in [0.29, 0.717) is 38.0 Å². The summed E-state index contributed by atoms with van der Waals surface area (Å²) in [5, 5.41) is 9.66. The number of aromatic nitrogens is 4. The molecule has 3 aromatic heterocycles. The molecule has 2 aromatic carbocycles. The van der Waals surface area contributed by atoms with Crippen LogP contribution in [0.3, 0.4) is 0 Å². The number of benzene rings is 2. The predicted molar refractivity (Wildman–Crippen MR) is 116 cm³/mol. The van der Waals surface area contributed by atoms with Gasteiger partial charge in [0.15, 0.2) is 5.09 Å². The highest BCUT2D eigenvalue weighted by Gasteiger charge is 2.18. The van der Waals surface area contributed by atoms with Gasteiger partial charge in [-0.25, -0.2) is 14.4 Å². The van der Waals surface area contributed by atoms with E-state index >= 15 is 0 Å². The Kier molecular flexibility index (Phi) is 5.31. The van der Waals surface area contributed by atoms with Gasteiger partial charge in [0, 0.05) is 17.1 Å². The third-order valence-corrected chi connectivity index (χ3v) is 5.62. The summed E-state index contributed by atoms with van der Waals surface area (Å²) in [5.41, 5.74) is 2.20. The molecular weight excluding hydrogens is 439 g/mol. The molecule has 0 aliphatic heterocycles. The van der Waals surface area contributed by atoms with Gasteiger partial charge in [-0.3, -0.25) is 5.10 Å². The maximum absolute atomic E-state index is 13.3. The summed E-state index contributed by atoms with van der Waals surface area (Å²) in [7, 11) is 0. The van der Waals surface area contributed by atoms with Crippen molar-refractivity contribution in [2.45, 2.75) is 16.7 Å². The van der Waals surface area contributed by atoms with Gasteiger partial charge in [0.25, 0.3) is 0 Å². The first-order valence-corrected chi connectivity index (χ1v) is 10.4. The lowest BCUT2D eigenvalue weighted by Gasteiger charge is -2.05. The fourth-order valence-corrected chi connectivity index (χ4v) is 3.79. The first kappa shape index (κ1) is 19.6. The summed E-state index contributed by atoms with van der Waals surface area (Å²) < 4.78 is 25.2. The van der Waals surface area contributed by atoms with Crippen LogP contribution < -0.4 is 4.74 Å². The van der Waals surface area contributed by atoms with E-state index in [0.717, 1.165) is 10.9 Å². The molecular formula is C22H14ClFN4O2S. The highest BCUT2D eigenvalue weighted by molar-refractivity contribution is 7.99. The molecule has 0 aliphatic rings. The first-order chi connectivity index (χ1) is 15.1. The van der Waals surface area contributed by atoms with Crippen molar-refractivity contribution in [3.05, 3.63) is 83.5 Å². The number of oxazole rings is 1. The molecule has 154 valence electrons. The van der Waals surface area contributed by atoms with Crippen molar-refractivity contribution in [1.29, 1.82) is 0 Å². The standard InChI is InChI=1S/C22H14ClFN4O2S/c23-15-3-8-20(25-11-15)31-22-19(27-21(30-22)13-1-4-16(24)5-2-13)12-29-17-6-7-18-14(9-17)10-26-28-18/h1-11H,12H2,(H,26,28). The van der Waals surface area contributed by atoms with Gasteiger partial charge in [0.2, 0.25) is 5.89 Å². The molecule has 0 atom stereocenters. The zero-order chi connectivity index (χ0) is 21.2.